The van der Waals surface area contributed by atoms with Gasteiger partial charge >= 0.3 is 5.97 Å². The lowest BCUT2D eigenvalue weighted by Gasteiger charge is -2.29. The molecule has 0 spiro atoms. The van der Waals surface area contributed by atoms with Crippen molar-refractivity contribution in [2.75, 3.05) is 25.6 Å². The second-order valence-electron chi connectivity index (χ2n) is 4.60. The Morgan fingerprint density at radius 1 is 1.53 bits per heavy atom. The van der Waals surface area contributed by atoms with Crippen LogP contribution in [0.15, 0.2) is 28.7 Å². The standard InChI is InChI=1S/C14H18BrNO3/c1-18-14(17)13(10-5-4-8-19-9-10)16-12-7-3-2-6-11(12)15/h2-3,6-7,10,13,16H,4-5,8-9H2,1H3. The maximum Gasteiger partial charge on any atom is 0.328 e. The smallest absolute Gasteiger partial charge is 0.328 e. The number of rotatable bonds is 4. The molecule has 0 saturated carbocycles. The topological polar surface area (TPSA) is 47.6 Å². The Labute approximate surface area is 121 Å². The van der Waals surface area contributed by atoms with Gasteiger partial charge in [-0.15, -0.1) is 0 Å². The Morgan fingerprint density at radius 2 is 2.32 bits per heavy atom. The molecule has 2 unspecified atom stereocenters. The van der Waals surface area contributed by atoms with E-state index in [1.165, 1.54) is 7.11 Å². The molecule has 1 N–H and O–H groups in total. The lowest BCUT2D eigenvalue weighted by molar-refractivity contribution is -0.144. The number of carbonyl (C=O) groups excluding carboxylic acids is 1. The minimum atomic E-state index is -0.371. The number of para-hydroxylation sites is 1. The third-order valence-electron chi connectivity index (χ3n) is 3.31. The maximum atomic E-state index is 12.0. The van der Waals surface area contributed by atoms with Gasteiger partial charge in [-0.3, -0.25) is 0 Å². The number of nitrogens with one attached hydrogen (secondary N) is 1. The monoisotopic (exact) mass is 327 g/mol. The highest BCUT2D eigenvalue weighted by Crippen LogP contribution is 2.26. The normalized spacial score (nSPS) is 20.6. The molecule has 0 radical (unpaired) electrons. The molecule has 0 bridgehead atoms. The summed E-state index contributed by atoms with van der Waals surface area (Å²) in [7, 11) is 1.42. The predicted molar refractivity (Wildman–Crippen MR) is 77.1 cm³/mol. The van der Waals surface area contributed by atoms with E-state index in [0.29, 0.717) is 6.61 Å². The van der Waals surface area contributed by atoms with Gasteiger partial charge in [-0.05, 0) is 40.9 Å². The average Bonchev–Trinajstić information content (AvgIpc) is 2.46. The van der Waals surface area contributed by atoms with Gasteiger partial charge in [-0.25, -0.2) is 4.79 Å². The van der Waals surface area contributed by atoms with E-state index >= 15 is 0 Å². The number of benzene rings is 1. The summed E-state index contributed by atoms with van der Waals surface area (Å²) in [6.45, 7) is 1.37. The molecular weight excluding hydrogens is 310 g/mol. The SMILES string of the molecule is COC(=O)C(Nc1ccccc1Br)C1CCCOC1. The van der Waals surface area contributed by atoms with Crippen LogP contribution in [0.4, 0.5) is 5.69 Å². The molecule has 4 nitrogen and oxygen atoms in total. The summed E-state index contributed by atoms with van der Waals surface area (Å²) in [5.41, 5.74) is 0.892. The third-order valence-corrected chi connectivity index (χ3v) is 4.00. The molecule has 1 aliphatic heterocycles. The minimum absolute atomic E-state index is 0.147. The molecule has 1 aromatic carbocycles. The molecule has 104 valence electrons. The fraction of sp³-hybridized carbons (Fsp3) is 0.500. The number of hydrogen-bond acceptors (Lipinski definition) is 4. The van der Waals surface area contributed by atoms with Crippen LogP contribution < -0.4 is 5.32 Å². The first-order valence-electron chi connectivity index (χ1n) is 6.39. The zero-order valence-electron chi connectivity index (χ0n) is 10.9. The van der Waals surface area contributed by atoms with E-state index < -0.39 is 0 Å². The first-order chi connectivity index (χ1) is 9.22. The second-order valence-corrected chi connectivity index (χ2v) is 5.46. The van der Waals surface area contributed by atoms with E-state index in [1.807, 2.05) is 24.3 Å². The van der Waals surface area contributed by atoms with Crippen molar-refractivity contribution >= 4 is 27.6 Å². The van der Waals surface area contributed by atoms with E-state index in [-0.39, 0.29) is 17.9 Å². The Bertz CT molecular complexity index is 432. The van der Waals surface area contributed by atoms with Crippen LogP contribution in [0.2, 0.25) is 0 Å². The van der Waals surface area contributed by atoms with Crippen LogP contribution in [-0.2, 0) is 14.3 Å². The Balaban J connectivity index is 2.13. The van der Waals surface area contributed by atoms with Gasteiger partial charge < -0.3 is 14.8 Å². The Hall–Kier alpha value is -1.07. The summed E-state index contributed by atoms with van der Waals surface area (Å²) < 4.78 is 11.3. The molecule has 5 heteroatoms. The molecule has 1 fully saturated rings. The first kappa shape index (κ1) is 14.3. The van der Waals surface area contributed by atoms with Crippen molar-refractivity contribution in [3.63, 3.8) is 0 Å². The van der Waals surface area contributed by atoms with Crippen LogP contribution in [0.25, 0.3) is 0 Å². The number of halogens is 1. The van der Waals surface area contributed by atoms with E-state index in [9.17, 15) is 4.79 Å². The van der Waals surface area contributed by atoms with Gasteiger partial charge in [0.05, 0.1) is 13.7 Å². The largest absolute Gasteiger partial charge is 0.467 e. The maximum absolute atomic E-state index is 12.0. The quantitative estimate of drug-likeness (QED) is 0.864. The Morgan fingerprint density at radius 3 is 2.95 bits per heavy atom. The van der Waals surface area contributed by atoms with Crippen molar-refractivity contribution in [2.45, 2.75) is 18.9 Å². The van der Waals surface area contributed by atoms with Gasteiger partial charge in [0.15, 0.2) is 0 Å². The number of esters is 1. The van der Waals surface area contributed by atoms with Gasteiger partial charge in [0.25, 0.3) is 0 Å². The molecule has 1 saturated heterocycles. The minimum Gasteiger partial charge on any atom is -0.467 e. The van der Waals surface area contributed by atoms with Crippen LogP contribution >= 0.6 is 15.9 Å². The molecule has 0 aliphatic carbocycles. The molecular formula is C14H18BrNO3. The van der Waals surface area contributed by atoms with Gasteiger partial charge in [-0.2, -0.15) is 0 Å². The summed E-state index contributed by atoms with van der Waals surface area (Å²) in [6.07, 6.45) is 1.95. The van der Waals surface area contributed by atoms with E-state index in [4.69, 9.17) is 9.47 Å². The highest BCUT2D eigenvalue weighted by Gasteiger charge is 2.31. The van der Waals surface area contributed by atoms with E-state index in [1.54, 1.807) is 0 Å². The number of ether oxygens (including phenoxy) is 2. The van der Waals surface area contributed by atoms with Crippen molar-refractivity contribution in [3.05, 3.63) is 28.7 Å². The lowest BCUT2D eigenvalue weighted by atomic mass is 9.93. The molecule has 1 heterocycles. The average molecular weight is 328 g/mol. The van der Waals surface area contributed by atoms with Crippen molar-refractivity contribution in [3.8, 4) is 0 Å². The zero-order chi connectivity index (χ0) is 13.7. The summed E-state index contributed by atoms with van der Waals surface area (Å²) >= 11 is 3.47. The Kier molecular flexibility index (Phi) is 5.22. The van der Waals surface area contributed by atoms with Crippen molar-refractivity contribution < 1.29 is 14.3 Å². The molecule has 1 aliphatic rings. The number of anilines is 1. The van der Waals surface area contributed by atoms with Crippen LogP contribution in [0, 0.1) is 5.92 Å². The fourth-order valence-corrected chi connectivity index (χ4v) is 2.67. The lowest BCUT2D eigenvalue weighted by Crippen LogP contribution is -2.41. The highest BCUT2D eigenvalue weighted by atomic mass is 79.9. The summed E-state index contributed by atoms with van der Waals surface area (Å²) in [5.74, 6) is -0.0976. The molecule has 2 atom stereocenters. The second kappa shape index (κ2) is 6.91. The molecule has 0 aromatic heterocycles. The summed E-state index contributed by atoms with van der Waals surface area (Å²) in [5, 5.41) is 3.27. The van der Waals surface area contributed by atoms with E-state index in [0.717, 1.165) is 29.6 Å². The van der Waals surface area contributed by atoms with Crippen LogP contribution in [0.5, 0.6) is 0 Å². The zero-order valence-corrected chi connectivity index (χ0v) is 12.5. The van der Waals surface area contributed by atoms with Gasteiger partial charge in [0.2, 0.25) is 0 Å². The first-order valence-corrected chi connectivity index (χ1v) is 7.18. The van der Waals surface area contributed by atoms with Crippen molar-refractivity contribution in [1.82, 2.24) is 0 Å². The number of carbonyl (C=O) groups is 1. The number of methoxy groups -OCH3 is 1. The van der Waals surface area contributed by atoms with Crippen molar-refractivity contribution in [1.29, 1.82) is 0 Å². The van der Waals surface area contributed by atoms with Gasteiger partial charge in [0, 0.05) is 22.7 Å². The summed E-state index contributed by atoms with van der Waals surface area (Å²) in [4.78, 5) is 12.0. The van der Waals surface area contributed by atoms with Gasteiger partial charge in [-0.1, -0.05) is 12.1 Å². The van der Waals surface area contributed by atoms with Crippen molar-refractivity contribution in [2.24, 2.45) is 5.92 Å². The van der Waals surface area contributed by atoms with Crippen LogP contribution in [0.3, 0.4) is 0 Å². The predicted octanol–water partition coefficient (Wildman–Crippen LogP) is 2.83. The third kappa shape index (κ3) is 3.70. The molecule has 19 heavy (non-hydrogen) atoms. The molecule has 2 rings (SSSR count). The van der Waals surface area contributed by atoms with Crippen LogP contribution in [-0.4, -0.2) is 32.3 Å². The fourth-order valence-electron chi connectivity index (χ4n) is 2.27. The van der Waals surface area contributed by atoms with E-state index in [2.05, 4.69) is 21.2 Å². The van der Waals surface area contributed by atoms with Crippen LogP contribution in [0.1, 0.15) is 12.8 Å². The molecule has 0 amide bonds. The molecule has 1 aromatic rings. The summed E-state index contributed by atoms with van der Waals surface area (Å²) in [6, 6.07) is 7.37. The highest BCUT2D eigenvalue weighted by molar-refractivity contribution is 9.10. The van der Waals surface area contributed by atoms with Gasteiger partial charge in [0.1, 0.15) is 6.04 Å². The number of hydrogen-bond donors (Lipinski definition) is 1.